The first-order chi connectivity index (χ1) is 17.5. The van der Waals surface area contributed by atoms with Crippen LogP contribution in [0.5, 0.6) is 5.75 Å². The van der Waals surface area contributed by atoms with Gasteiger partial charge in [0.15, 0.2) is 6.61 Å². The van der Waals surface area contributed by atoms with Gasteiger partial charge in [-0.2, -0.15) is 13.2 Å². The summed E-state index contributed by atoms with van der Waals surface area (Å²) in [6.45, 7) is 1.77. The van der Waals surface area contributed by atoms with E-state index in [4.69, 9.17) is 19.7 Å². The summed E-state index contributed by atoms with van der Waals surface area (Å²) in [6.07, 6.45) is 1.13. The number of ether oxygens (including phenoxy) is 1. The number of amides is 1. The van der Waals surface area contributed by atoms with E-state index < -0.39 is 18.1 Å². The third-order valence-corrected chi connectivity index (χ3v) is 6.41. The van der Waals surface area contributed by atoms with Gasteiger partial charge in [-0.25, -0.2) is 14.6 Å². The number of thiophene rings is 1. The number of aromatic nitrogens is 2. The standard InChI is InChI=1S/C21H22N4O4S.C2HF3O2/c26-20(27)12-29-16-3-1-14(2-4-16)17(25-8-7-23-13-25)11-24-21(28)19-9-15-10-22-6-5-18(15)30-19;3-2(4,5)1(6)7/h1-4,7-9,13,17,22H,5-6,10-12H2,(H,24,28)(H,26,27);(H,6,7). The highest BCUT2D eigenvalue weighted by Crippen LogP contribution is 2.26. The number of hydrogen-bond acceptors (Lipinski definition) is 7. The molecule has 1 aromatic carbocycles. The molecule has 1 aliphatic heterocycles. The minimum Gasteiger partial charge on any atom is -0.482 e. The Kier molecular flexibility index (Phi) is 9.25. The van der Waals surface area contributed by atoms with Crippen molar-refractivity contribution >= 4 is 29.2 Å². The molecule has 0 saturated heterocycles. The van der Waals surface area contributed by atoms with Crippen molar-refractivity contribution in [2.45, 2.75) is 25.2 Å². The topological polar surface area (TPSA) is 143 Å². The van der Waals surface area contributed by atoms with Crippen LogP contribution in [0.4, 0.5) is 13.2 Å². The number of nitrogens with zero attached hydrogens (tertiary/aromatic N) is 2. The van der Waals surface area contributed by atoms with E-state index in [0.29, 0.717) is 12.3 Å². The number of carbonyl (C=O) groups is 3. The summed E-state index contributed by atoms with van der Waals surface area (Å²) in [5.74, 6) is -3.38. The van der Waals surface area contributed by atoms with Crippen LogP contribution in [0.1, 0.15) is 31.7 Å². The summed E-state index contributed by atoms with van der Waals surface area (Å²) in [4.78, 5) is 38.4. The molecule has 0 saturated carbocycles. The van der Waals surface area contributed by atoms with Gasteiger partial charge in [-0.05, 0) is 35.7 Å². The van der Waals surface area contributed by atoms with Crippen LogP contribution >= 0.6 is 11.3 Å². The Morgan fingerprint density at radius 2 is 1.92 bits per heavy atom. The zero-order valence-corrected chi connectivity index (χ0v) is 20.0. The number of hydrogen-bond donors (Lipinski definition) is 4. The van der Waals surface area contributed by atoms with Gasteiger partial charge in [-0.15, -0.1) is 11.3 Å². The molecule has 3 aromatic rings. The lowest BCUT2D eigenvalue weighted by molar-refractivity contribution is -0.192. The number of nitrogens with one attached hydrogen (secondary N) is 2. The number of halogens is 3. The Hall–Kier alpha value is -3.91. The summed E-state index contributed by atoms with van der Waals surface area (Å²) >= 11 is 1.56. The van der Waals surface area contributed by atoms with E-state index in [1.165, 1.54) is 10.4 Å². The molecule has 1 amide bonds. The van der Waals surface area contributed by atoms with Crippen molar-refractivity contribution < 1.29 is 42.5 Å². The molecule has 0 radical (unpaired) electrons. The SMILES string of the molecule is O=C(O)C(F)(F)F.O=C(O)COc1ccc(C(CNC(=O)c2cc3c(s2)CCNC3)n2ccnc2)cc1. The van der Waals surface area contributed by atoms with Crippen LogP contribution in [-0.4, -0.2) is 63.5 Å². The molecule has 1 unspecified atom stereocenters. The minimum absolute atomic E-state index is 0.0825. The first kappa shape index (κ1) is 27.7. The van der Waals surface area contributed by atoms with Crippen molar-refractivity contribution in [2.24, 2.45) is 0 Å². The largest absolute Gasteiger partial charge is 0.490 e. The molecule has 0 aliphatic carbocycles. The fourth-order valence-corrected chi connectivity index (χ4v) is 4.52. The van der Waals surface area contributed by atoms with Gasteiger partial charge in [0.1, 0.15) is 5.75 Å². The second kappa shape index (κ2) is 12.4. The average molecular weight is 541 g/mol. The molecule has 0 spiro atoms. The Morgan fingerprint density at radius 3 is 2.49 bits per heavy atom. The van der Waals surface area contributed by atoms with Crippen molar-refractivity contribution in [3.05, 3.63) is 69.9 Å². The Balaban J connectivity index is 0.000000479. The molecule has 2 aromatic heterocycles. The first-order valence-electron chi connectivity index (χ1n) is 10.9. The van der Waals surface area contributed by atoms with Crippen molar-refractivity contribution in [3.63, 3.8) is 0 Å². The van der Waals surface area contributed by atoms with E-state index in [0.717, 1.165) is 30.0 Å². The molecule has 198 valence electrons. The van der Waals surface area contributed by atoms with E-state index in [1.54, 1.807) is 36.0 Å². The predicted molar refractivity (Wildman–Crippen MR) is 126 cm³/mol. The molecular weight excluding hydrogens is 517 g/mol. The third-order valence-electron chi connectivity index (χ3n) is 5.18. The fraction of sp³-hybridized carbons (Fsp3) is 0.304. The highest BCUT2D eigenvalue weighted by Gasteiger charge is 2.38. The molecule has 14 heteroatoms. The number of benzene rings is 1. The van der Waals surface area contributed by atoms with Crippen LogP contribution in [0, 0.1) is 0 Å². The Labute approximate surface area is 212 Å². The Bertz CT molecular complexity index is 1190. The maximum atomic E-state index is 12.7. The van der Waals surface area contributed by atoms with Gasteiger partial charge >= 0.3 is 18.1 Å². The zero-order valence-electron chi connectivity index (χ0n) is 19.2. The quantitative estimate of drug-likeness (QED) is 0.342. The van der Waals surface area contributed by atoms with Gasteiger partial charge in [0.2, 0.25) is 0 Å². The average Bonchev–Trinajstić information content (AvgIpc) is 3.53. The van der Waals surface area contributed by atoms with E-state index in [-0.39, 0.29) is 18.6 Å². The number of alkyl halides is 3. The number of fused-ring (bicyclic) bond motifs is 1. The maximum absolute atomic E-state index is 12.7. The highest BCUT2D eigenvalue weighted by atomic mass is 32.1. The van der Waals surface area contributed by atoms with Gasteiger partial charge < -0.3 is 30.2 Å². The lowest BCUT2D eigenvalue weighted by atomic mass is 10.1. The first-order valence-corrected chi connectivity index (χ1v) is 11.7. The summed E-state index contributed by atoms with van der Waals surface area (Å²) < 4.78 is 38.9. The van der Waals surface area contributed by atoms with Crippen LogP contribution in [-0.2, 0) is 22.6 Å². The van der Waals surface area contributed by atoms with Gasteiger partial charge in [-0.1, -0.05) is 12.1 Å². The van der Waals surface area contributed by atoms with Crippen LogP contribution < -0.4 is 15.4 Å². The number of aliphatic carboxylic acids is 2. The van der Waals surface area contributed by atoms with Gasteiger partial charge in [0, 0.05) is 36.9 Å². The number of carboxylic acid groups (broad SMARTS) is 2. The molecule has 37 heavy (non-hydrogen) atoms. The monoisotopic (exact) mass is 540 g/mol. The lowest BCUT2D eigenvalue weighted by Gasteiger charge is -2.20. The van der Waals surface area contributed by atoms with Crippen molar-refractivity contribution in [1.82, 2.24) is 20.2 Å². The van der Waals surface area contributed by atoms with Gasteiger partial charge in [0.05, 0.1) is 17.2 Å². The maximum Gasteiger partial charge on any atom is 0.490 e. The highest BCUT2D eigenvalue weighted by molar-refractivity contribution is 7.14. The van der Waals surface area contributed by atoms with Crippen molar-refractivity contribution in [3.8, 4) is 5.75 Å². The molecule has 0 fully saturated rings. The van der Waals surface area contributed by atoms with E-state index in [2.05, 4.69) is 15.6 Å². The van der Waals surface area contributed by atoms with E-state index in [1.807, 2.05) is 29.0 Å². The summed E-state index contributed by atoms with van der Waals surface area (Å²) in [7, 11) is 0. The molecule has 4 rings (SSSR count). The molecule has 3 heterocycles. The van der Waals surface area contributed by atoms with Crippen molar-refractivity contribution in [2.75, 3.05) is 19.7 Å². The van der Waals surface area contributed by atoms with Crippen LogP contribution in [0.25, 0.3) is 0 Å². The fourth-order valence-electron chi connectivity index (χ4n) is 3.42. The normalized spacial score (nSPS) is 13.5. The van der Waals surface area contributed by atoms with E-state index in [9.17, 15) is 22.8 Å². The van der Waals surface area contributed by atoms with Gasteiger partial charge in [-0.3, -0.25) is 4.79 Å². The number of rotatable bonds is 8. The third kappa shape index (κ3) is 8.05. The molecule has 10 nitrogen and oxygen atoms in total. The molecule has 1 aliphatic rings. The number of carboxylic acids is 2. The number of imidazole rings is 1. The summed E-state index contributed by atoms with van der Waals surface area (Å²) in [6, 6.07) is 9.01. The minimum atomic E-state index is -5.08. The predicted octanol–water partition coefficient (Wildman–Crippen LogP) is 2.71. The van der Waals surface area contributed by atoms with Crippen LogP contribution in [0.15, 0.2) is 49.1 Å². The number of carbonyl (C=O) groups excluding carboxylic acids is 1. The van der Waals surface area contributed by atoms with E-state index >= 15 is 0 Å². The molecule has 4 N–H and O–H groups in total. The second-order valence-electron chi connectivity index (χ2n) is 7.78. The molecular formula is C23H23F3N4O6S. The Morgan fingerprint density at radius 1 is 1.22 bits per heavy atom. The van der Waals surface area contributed by atoms with Gasteiger partial charge in [0.25, 0.3) is 5.91 Å². The van der Waals surface area contributed by atoms with Crippen LogP contribution in [0.2, 0.25) is 0 Å². The summed E-state index contributed by atoms with van der Waals surface area (Å²) in [5, 5.41) is 22.2. The lowest BCUT2D eigenvalue weighted by Crippen LogP contribution is -2.30. The van der Waals surface area contributed by atoms with Crippen LogP contribution in [0.3, 0.4) is 0 Å². The second-order valence-corrected chi connectivity index (χ2v) is 8.91. The van der Waals surface area contributed by atoms with Crippen molar-refractivity contribution in [1.29, 1.82) is 0 Å². The zero-order chi connectivity index (χ0) is 27.0. The summed E-state index contributed by atoms with van der Waals surface area (Å²) in [5.41, 5.74) is 2.16. The smallest absolute Gasteiger partial charge is 0.482 e. The molecule has 0 bridgehead atoms. The molecule has 1 atom stereocenters.